The highest BCUT2D eigenvalue weighted by molar-refractivity contribution is 6.30. The SMILES string of the molecule is CCCN(C(CC)CC)C1CCN([C@@H](CO)c2ccc(Cl)cc2)CC1. The molecule has 1 N–H and O–H groups in total. The molecular weight excluding hydrogens is 332 g/mol. The van der Waals surface area contributed by atoms with Crippen LogP contribution in [0.4, 0.5) is 0 Å². The summed E-state index contributed by atoms with van der Waals surface area (Å²) in [6, 6.07) is 9.41. The summed E-state index contributed by atoms with van der Waals surface area (Å²) in [4.78, 5) is 5.20. The number of likely N-dealkylation sites (tertiary alicyclic amines) is 1. The molecule has 0 spiro atoms. The van der Waals surface area contributed by atoms with E-state index in [1.807, 2.05) is 24.3 Å². The molecule has 1 aromatic carbocycles. The lowest BCUT2D eigenvalue weighted by Crippen LogP contribution is -2.50. The van der Waals surface area contributed by atoms with Crippen molar-refractivity contribution in [2.24, 2.45) is 0 Å². The molecule has 0 bridgehead atoms. The fourth-order valence-electron chi connectivity index (χ4n) is 4.32. The van der Waals surface area contributed by atoms with Crippen LogP contribution in [0, 0.1) is 0 Å². The predicted molar refractivity (Wildman–Crippen MR) is 107 cm³/mol. The molecule has 142 valence electrons. The third-order valence-corrected chi connectivity index (χ3v) is 5.98. The van der Waals surface area contributed by atoms with Crippen molar-refractivity contribution in [3.8, 4) is 0 Å². The zero-order valence-electron chi connectivity index (χ0n) is 16.1. The summed E-state index contributed by atoms with van der Waals surface area (Å²) in [5.74, 6) is 0. The van der Waals surface area contributed by atoms with Gasteiger partial charge in [-0.25, -0.2) is 0 Å². The van der Waals surface area contributed by atoms with E-state index >= 15 is 0 Å². The number of rotatable bonds is 9. The van der Waals surface area contributed by atoms with E-state index in [9.17, 15) is 5.11 Å². The predicted octanol–water partition coefficient (Wildman–Crippen LogP) is 4.74. The standard InChI is InChI=1S/C21H35ClN2O/c1-4-13-24(19(5-2)6-3)20-11-14-23(15-12-20)21(16-25)17-7-9-18(22)10-8-17/h7-10,19-21,25H,4-6,11-16H2,1-3H3/t21-/m0/s1. The van der Waals surface area contributed by atoms with Crippen LogP contribution in [-0.4, -0.2) is 53.2 Å². The molecule has 3 nitrogen and oxygen atoms in total. The molecule has 1 heterocycles. The van der Waals surface area contributed by atoms with Gasteiger partial charge in [-0.1, -0.05) is 44.5 Å². The van der Waals surface area contributed by atoms with Gasteiger partial charge in [0.2, 0.25) is 0 Å². The third kappa shape index (κ3) is 5.43. The molecule has 1 fully saturated rings. The largest absolute Gasteiger partial charge is 0.394 e. The summed E-state index contributed by atoms with van der Waals surface area (Å²) in [5.41, 5.74) is 1.16. The first kappa shape index (κ1) is 20.7. The van der Waals surface area contributed by atoms with Gasteiger partial charge in [-0.15, -0.1) is 0 Å². The number of halogens is 1. The molecular formula is C21H35ClN2O. The smallest absolute Gasteiger partial charge is 0.0628 e. The zero-order valence-corrected chi connectivity index (χ0v) is 16.9. The molecule has 1 atom stereocenters. The number of benzene rings is 1. The van der Waals surface area contributed by atoms with E-state index in [0.717, 1.165) is 23.7 Å². The Balaban J connectivity index is 2.00. The second kappa shape index (κ2) is 10.5. The van der Waals surface area contributed by atoms with Crippen molar-refractivity contribution in [2.75, 3.05) is 26.2 Å². The Morgan fingerprint density at radius 1 is 1.12 bits per heavy atom. The van der Waals surface area contributed by atoms with Gasteiger partial charge in [-0.3, -0.25) is 9.80 Å². The Morgan fingerprint density at radius 3 is 2.20 bits per heavy atom. The van der Waals surface area contributed by atoms with E-state index in [-0.39, 0.29) is 12.6 Å². The van der Waals surface area contributed by atoms with Gasteiger partial charge < -0.3 is 5.11 Å². The minimum Gasteiger partial charge on any atom is -0.394 e. The van der Waals surface area contributed by atoms with Crippen LogP contribution in [0.5, 0.6) is 0 Å². The van der Waals surface area contributed by atoms with Gasteiger partial charge in [-0.2, -0.15) is 0 Å². The monoisotopic (exact) mass is 366 g/mol. The van der Waals surface area contributed by atoms with Crippen molar-refractivity contribution in [1.82, 2.24) is 9.80 Å². The molecule has 1 aliphatic rings. The van der Waals surface area contributed by atoms with Crippen molar-refractivity contribution in [1.29, 1.82) is 0 Å². The number of aliphatic hydroxyl groups is 1. The van der Waals surface area contributed by atoms with Gasteiger partial charge in [0.15, 0.2) is 0 Å². The van der Waals surface area contributed by atoms with Crippen molar-refractivity contribution in [3.05, 3.63) is 34.9 Å². The first-order chi connectivity index (χ1) is 12.1. The minimum atomic E-state index is 0.0889. The Bertz CT molecular complexity index is 481. The molecule has 1 aliphatic heterocycles. The lowest BCUT2D eigenvalue weighted by Gasteiger charge is -2.44. The van der Waals surface area contributed by atoms with Crippen LogP contribution in [0.25, 0.3) is 0 Å². The Hall–Kier alpha value is -0.610. The lowest BCUT2D eigenvalue weighted by atomic mass is 9.96. The van der Waals surface area contributed by atoms with E-state index in [1.54, 1.807) is 0 Å². The molecule has 4 heteroatoms. The van der Waals surface area contributed by atoms with Gasteiger partial charge in [-0.05, 0) is 56.3 Å². The Morgan fingerprint density at radius 2 is 1.72 bits per heavy atom. The van der Waals surface area contributed by atoms with Crippen LogP contribution in [0.3, 0.4) is 0 Å². The molecule has 25 heavy (non-hydrogen) atoms. The number of hydrogen-bond acceptors (Lipinski definition) is 3. The van der Waals surface area contributed by atoms with E-state index in [2.05, 4.69) is 30.6 Å². The van der Waals surface area contributed by atoms with Crippen LogP contribution in [0.15, 0.2) is 24.3 Å². The summed E-state index contributed by atoms with van der Waals surface area (Å²) < 4.78 is 0. The molecule has 1 saturated heterocycles. The summed E-state index contributed by atoms with van der Waals surface area (Å²) in [5, 5.41) is 10.7. The van der Waals surface area contributed by atoms with Gasteiger partial charge in [0, 0.05) is 30.2 Å². The highest BCUT2D eigenvalue weighted by Gasteiger charge is 2.30. The maximum atomic E-state index is 9.94. The number of hydrogen-bond donors (Lipinski definition) is 1. The zero-order chi connectivity index (χ0) is 18.2. The normalized spacial score (nSPS) is 18.2. The average molecular weight is 367 g/mol. The van der Waals surface area contributed by atoms with E-state index in [4.69, 9.17) is 11.6 Å². The number of aliphatic hydroxyl groups excluding tert-OH is 1. The summed E-state index contributed by atoms with van der Waals surface area (Å²) in [6.07, 6.45) is 6.09. The molecule has 2 rings (SSSR count). The van der Waals surface area contributed by atoms with Crippen LogP contribution in [-0.2, 0) is 0 Å². The molecule has 0 unspecified atom stereocenters. The summed E-state index contributed by atoms with van der Waals surface area (Å²) >= 11 is 6.00. The average Bonchev–Trinajstić information content (AvgIpc) is 2.65. The highest BCUT2D eigenvalue weighted by atomic mass is 35.5. The van der Waals surface area contributed by atoms with Crippen LogP contribution in [0.1, 0.15) is 64.5 Å². The van der Waals surface area contributed by atoms with Crippen molar-refractivity contribution >= 4 is 11.6 Å². The third-order valence-electron chi connectivity index (χ3n) is 5.73. The van der Waals surface area contributed by atoms with Crippen molar-refractivity contribution in [3.63, 3.8) is 0 Å². The fraction of sp³-hybridized carbons (Fsp3) is 0.714. The van der Waals surface area contributed by atoms with Gasteiger partial charge in [0.25, 0.3) is 0 Å². The molecule has 0 aromatic heterocycles. The lowest BCUT2D eigenvalue weighted by molar-refractivity contribution is 0.0391. The van der Waals surface area contributed by atoms with Crippen LogP contribution >= 0.6 is 11.6 Å². The molecule has 0 amide bonds. The maximum absolute atomic E-state index is 9.94. The van der Waals surface area contributed by atoms with Crippen molar-refractivity contribution < 1.29 is 5.11 Å². The van der Waals surface area contributed by atoms with Crippen LogP contribution in [0.2, 0.25) is 5.02 Å². The fourth-order valence-corrected chi connectivity index (χ4v) is 4.45. The summed E-state index contributed by atoms with van der Waals surface area (Å²) in [6.45, 7) is 10.4. The van der Waals surface area contributed by atoms with E-state index in [1.165, 1.54) is 38.6 Å². The second-order valence-corrected chi connectivity index (χ2v) is 7.66. The van der Waals surface area contributed by atoms with Gasteiger partial charge >= 0.3 is 0 Å². The molecule has 1 aromatic rings. The molecule has 0 radical (unpaired) electrons. The van der Waals surface area contributed by atoms with Crippen LogP contribution < -0.4 is 0 Å². The molecule has 0 saturated carbocycles. The minimum absolute atomic E-state index is 0.0889. The first-order valence-electron chi connectivity index (χ1n) is 10.0. The Labute approximate surface area is 159 Å². The maximum Gasteiger partial charge on any atom is 0.0628 e. The number of nitrogens with zero attached hydrogens (tertiary/aromatic N) is 2. The first-order valence-corrected chi connectivity index (χ1v) is 10.4. The Kier molecular flexibility index (Phi) is 8.71. The van der Waals surface area contributed by atoms with Gasteiger partial charge in [0.1, 0.15) is 0 Å². The number of piperidine rings is 1. The van der Waals surface area contributed by atoms with E-state index < -0.39 is 0 Å². The highest BCUT2D eigenvalue weighted by Crippen LogP contribution is 2.28. The van der Waals surface area contributed by atoms with Gasteiger partial charge in [0.05, 0.1) is 12.6 Å². The topological polar surface area (TPSA) is 26.7 Å². The van der Waals surface area contributed by atoms with E-state index in [0.29, 0.717) is 12.1 Å². The van der Waals surface area contributed by atoms with Crippen molar-refractivity contribution in [2.45, 2.75) is 71.0 Å². The molecule has 0 aliphatic carbocycles. The summed E-state index contributed by atoms with van der Waals surface area (Å²) in [7, 11) is 0. The quantitative estimate of drug-likeness (QED) is 0.683. The second-order valence-electron chi connectivity index (χ2n) is 7.23.